The third-order valence-electron chi connectivity index (χ3n) is 13.6. The van der Waals surface area contributed by atoms with Gasteiger partial charge in [-0.05, 0) is 80.0 Å². The van der Waals surface area contributed by atoms with Gasteiger partial charge in [-0.3, -0.25) is 43.9 Å². The van der Waals surface area contributed by atoms with E-state index in [1.165, 1.54) is 11.8 Å². The van der Waals surface area contributed by atoms with Gasteiger partial charge in [-0.15, -0.1) is 0 Å². The highest BCUT2D eigenvalue weighted by Crippen LogP contribution is 2.36. The second-order valence-corrected chi connectivity index (χ2v) is 17.8. The van der Waals surface area contributed by atoms with Crippen LogP contribution in [0.1, 0.15) is 70.8 Å². The molecule has 3 N–H and O–H groups in total. The Bertz CT molecular complexity index is 2670. The molecular weight excluding hydrogens is 843 g/mol. The number of rotatable bonds is 13. The van der Waals surface area contributed by atoms with Crippen LogP contribution in [0, 0.1) is 5.92 Å². The molecule has 1 atom stereocenters. The maximum Gasteiger partial charge on any atom is 0.266 e. The summed E-state index contributed by atoms with van der Waals surface area (Å²) >= 11 is 0. The molecule has 2 aromatic heterocycles. The van der Waals surface area contributed by atoms with Crippen LogP contribution < -0.4 is 25.6 Å². The number of amides is 6. The lowest BCUT2D eigenvalue weighted by molar-refractivity contribution is -0.136. The van der Waals surface area contributed by atoms with Gasteiger partial charge in [0.05, 0.1) is 23.9 Å². The topological polar surface area (TPSA) is 204 Å². The number of anilines is 3. The Morgan fingerprint density at radius 1 is 0.803 bits per heavy atom. The highest BCUT2D eigenvalue weighted by atomic mass is 16.5. The number of carbonyl (C=O) groups is 6. The van der Waals surface area contributed by atoms with Crippen LogP contribution in [0.5, 0.6) is 5.75 Å². The fraction of sp³-hybridized carbons (Fsp3) is 0.396. The molecule has 6 heterocycles. The Kier molecular flexibility index (Phi) is 11.9. The number of ether oxygens (including phenoxy) is 1. The lowest BCUT2D eigenvalue weighted by Crippen LogP contribution is -2.54. The predicted octanol–water partition coefficient (Wildman–Crippen LogP) is 3.47. The molecule has 0 radical (unpaired) electrons. The maximum atomic E-state index is 13.4. The van der Waals surface area contributed by atoms with Crippen LogP contribution in [-0.2, 0) is 25.6 Å². The Morgan fingerprint density at radius 3 is 2.33 bits per heavy atom. The van der Waals surface area contributed by atoms with Crippen molar-refractivity contribution >= 4 is 63.8 Å². The number of hydrogen-bond acceptors (Lipinski definition) is 13. The largest absolute Gasteiger partial charge is 0.483 e. The molecule has 0 spiro atoms. The molecule has 1 saturated carbocycles. The molecule has 18 heteroatoms. The van der Waals surface area contributed by atoms with E-state index < -0.39 is 29.7 Å². The molecule has 5 aromatic rings. The molecule has 3 aromatic carbocycles. The van der Waals surface area contributed by atoms with Gasteiger partial charge in [-0.25, -0.2) is 15.0 Å². The predicted molar refractivity (Wildman–Crippen MR) is 242 cm³/mol. The highest BCUT2D eigenvalue weighted by molar-refractivity contribution is 6.24. The van der Waals surface area contributed by atoms with Crippen LogP contribution in [0.25, 0.3) is 11.2 Å². The number of fused-ring (bicyclic) bond motifs is 2. The average molecular weight is 894 g/mol. The zero-order valence-electron chi connectivity index (χ0n) is 36.4. The van der Waals surface area contributed by atoms with Crippen LogP contribution in [-0.4, -0.2) is 134 Å². The Morgan fingerprint density at radius 2 is 1.58 bits per heavy atom. The smallest absolute Gasteiger partial charge is 0.266 e. The second kappa shape index (κ2) is 18.3. The fourth-order valence-corrected chi connectivity index (χ4v) is 9.85. The van der Waals surface area contributed by atoms with Crippen molar-refractivity contribution in [2.45, 2.75) is 63.1 Å². The molecule has 340 valence electrons. The van der Waals surface area contributed by atoms with Gasteiger partial charge in [-0.1, -0.05) is 36.4 Å². The first-order valence-electron chi connectivity index (χ1n) is 22.8. The summed E-state index contributed by atoms with van der Waals surface area (Å²) in [6, 6.07) is 22.0. The molecule has 6 amide bonds. The molecule has 5 aliphatic rings. The van der Waals surface area contributed by atoms with Crippen LogP contribution in [0.2, 0.25) is 0 Å². The lowest BCUT2D eigenvalue weighted by Gasteiger charge is -2.39. The second-order valence-electron chi connectivity index (χ2n) is 17.8. The summed E-state index contributed by atoms with van der Waals surface area (Å²) in [5.74, 6) is -1.28. The summed E-state index contributed by atoms with van der Waals surface area (Å²) in [6.45, 7) is 5.24. The SMILES string of the molecule is O=C1CC[C@H](N2C(=O)c3cccc(OCC(=O)N4CCN(CC5CCN(c6ccc(Nc7ncnc8c7ncn8C7CC(NC(=O)Cc8ccccc8)C7)cc6)CC5)CC4)c3C2=O)C(=O)N1. The van der Waals surface area contributed by atoms with E-state index in [-0.39, 0.29) is 60.2 Å². The van der Waals surface area contributed by atoms with Crippen molar-refractivity contribution < 1.29 is 33.5 Å². The standard InChI is InChI=1S/C48H51N11O7/c60-39-14-13-37(46(63)54-39)59-47(64)36-7-4-8-38(42(36)48(59)65)66-27-41(62)57-21-19-55(20-22-57)26-31-15-17-56(18-16-31)34-11-9-32(10-12-34)53-44-43-45(50-28-49-44)58(29-51-43)35-24-33(25-35)52-40(61)23-30-5-2-1-3-6-30/h1-12,28-29,31,33,35,37H,13-27H2,(H,52,61)(H,49,50,53)(H,54,60,63)/t33?,35?,37-/m0/s1. The zero-order chi connectivity index (χ0) is 45.3. The summed E-state index contributed by atoms with van der Waals surface area (Å²) in [7, 11) is 0. The van der Waals surface area contributed by atoms with Crippen molar-refractivity contribution in [1.82, 2.24) is 44.9 Å². The average Bonchev–Trinajstić information content (AvgIpc) is 3.86. The van der Waals surface area contributed by atoms with Crippen LogP contribution in [0.4, 0.5) is 17.2 Å². The summed E-state index contributed by atoms with van der Waals surface area (Å²) < 4.78 is 7.94. The highest BCUT2D eigenvalue weighted by Gasteiger charge is 2.46. The number of hydrogen-bond donors (Lipinski definition) is 3. The van der Waals surface area contributed by atoms with Gasteiger partial charge in [0.2, 0.25) is 17.7 Å². The third-order valence-corrected chi connectivity index (χ3v) is 13.6. The monoisotopic (exact) mass is 893 g/mol. The van der Waals surface area contributed by atoms with Gasteiger partial charge >= 0.3 is 0 Å². The van der Waals surface area contributed by atoms with Crippen molar-refractivity contribution in [2.24, 2.45) is 5.92 Å². The summed E-state index contributed by atoms with van der Waals surface area (Å²) in [6.07, 6.45) is 7.62. The number of imide groups is 2. The van der Waals surface area contributed by atoms with Crippen molar-refractivity contribution in [3.8, 4) is 5.75 Å². The first kappa shape index (κ1) is 42.7. The molecule has 4 fully saturated rings. The number of imidazole rings is 1. The van der Waals surface area contributed by atoms with Crippen LogP contribution in [0.15, 0.2) is 85.5 Å². The van der Waals surface area contributed by atoms with Crippen LogP contribution >= 0.6 is 0 Å². The third kappa shape index (κ3) is 8.79. The number of aromatic nitrogens is 4. The number of benzene rings is 3. The van der Waals surface area contributed by atoms with E-state index in [9.17, 15) is 28.8 Å². The van der Waals surface area contributed by atoms with E-state index in [1.807, 2.05) is 36.7 Å². The quantitative estimate of drug-likeness (QED) is 0.145. The fourth-order valence-electron chi connectivity index (χ4n) is 9.85. The van der Waals surface area contributed by atoms with Gasteiger partial charge in [0.1, 0.15) is 18.1 Å². The summed E-state index contributed by atoms with van der Waals surface area (Å²) in [5, 5.41) is 8.80. The first-order valence-corrected chi connectivity index (χ1v) is 22.8. The summed E-state index contributed by atoms with van der Waals surface area (Å²) in [4.78, 5) is 97.8. The number of nitrogens with one attached hydrogen (secondary N) is 3. The number of piperazine rings is 1. The number of carbonyl (C=O) groups excluding carboxylic acids is 6. The zero-order valence-corrected chi connectivity index (χ0v) is 36.4. The molecular formula is C48H51N11O7. The molecule has 10 rings (SSSR count). The van der Waals surface area contributed by atoms with Crippen molar-refractivity contribution in [2.75, 3.05) is 62.6 Å². The first-order chi connectivity index (χ1) is 32.1. The van der Waals surface area contributed by atoms with E-state index in [0.29, 0.717) is 36.8 Å². The molecule has 0 bridgehead atoms. The molecule has 3 saturated heterocycles. The molecule has 18 nitrogen and oxygen atoms in total. The van der Waals surface area contributed by atoms with Gasteiger partial charge in [0.15, 0.2) is 23.6 Å². The Balaban J connectivity index is 0.652. The van der Waals surface area contributed by atoms with Gasteiger partial charge in [-0.2, -0.15) is 0 Å². The van der Waals surface area contributed by atoms with Crippen LogP contribution in [0.3, 0.4) is 0 Å². The van der Waals surface area contributed by atoms with E-state index in [1.54, 1.807) is 23.4 Å². The summed E-state index contributed by atoms with van der Waals surface area (Å²) in [5.41, 5.74) is 4.68. The number of piperidine rings is 2. The van der Waals surface area contributed by atoms with Gasteiger partial charge < -0.3 is 29.7 Å². The maximum absolute atomic E-state index is 13.4. The normalized spacial score (nSPS) is 21.4. The number of nitrogens with zero attached hydrogens (tertiary/aromatic N) is 8. The minimum absolute atomic E-state index is 0.0257. The molecule has 0 unspecified atom stereocenters. The van der Waals surface area contributed by atoms with Crippen molar-refractivity contribution in [1.29, 1.82) is 0 Å². The van der Waals surface area contributed by atoms with E-state index in [0.717, 1.165) is 80.2 Å². The van der Waals surface area contributed by atoms with E-state index in [2.05, 4.69) is 69.5 Å². The lowest BCUT2D eigenvalue weighted by atomic mass is 9.86. The van der Waals surface area contributed by atoms with E-state index >= 15 is 0 Å². The van der Waals surface area contributed by atoms with Gasteiger partial charge in [0, 0.05) is 75.7 Å². The molecule has 66 heavy (non-hydrogen) atoms. The Hall–Kier alpha value is -7.21. The van der Waals surface area contributed by atoms with Gasteiger partial charge in [0.25, 0.3) is 17.7 Å². The minimum Gasteiger partial charge on any atom is -0.483 e. The Labute approximate surface area is 380 Å². The van der Waals surface area contributed by atoms with Crippen molar-refractivity contribution in [3.63, 3.8) is 0 Å². The molecule has 4 aliphatic heterocycles. The molecule has 1 aliphatic carbocycles. The minimum atomic E-state index is -1.08. The van der Waals surface area contributed by atoms with E-state index in [4.69, 9.17) is 4.74 Å². The van der Waals surface area contributed by atoms with Crippen molar-refractivity contribution in [3.05, 3.63) is 102 Å².